The zero-order chi connectivity index (χ0) is 9.86. The summed E-state index contributed by atoms with van der Waals surface area (Å²) >= 11 is 0. The average molecular weight is 197 g/mol. The van der Waals surface area contributed by atoms with E-state index in [9.17, 15) is 0 Å². The van der Waals surface area contributed by atoms with Crippen molar-refractivity contribution in [1.82, 2.24) is 5.32 Å². The van der Waals surface area contributed by atoms with Crippen molar-refractivity contribution in [2.75, 3.05) is 13.2 Å². The van der Waals surface area contributed by atoms with Gasteiger partial charge in [0.05, 0.1) is 6.61 Å². The number of aliphatic hydroxyl groups excluding tert-OH is 1. The summed E-state index contributed by atoms with van der Waals surface area (Å²) in [5, 5.41) is 12.4. The van der Waals surface area contributed by atoms with Gasteiger partial charge in [0.2, 0.25) is 0 Å². The first-order valence-corrected chi connectivity index (χ1v) is 6.22. The van der Waals surface area contributed by atoms with Crippen LogP contribution in [0.15, 0.2) is 0 Å². The maximum atomic E-state index is 8.87. The van der Waals surface area contributed by atoms with Gasteiger partial charge >= 0.3 is 0 Å². The van der Waals surface area contributed by atoms with Crippen LogP contribution in [0, 0.1) is 5.41 Å². The van der Waals surface area contributed by atoms with Crippen molar-refractivity contribution in [3.63, 3.8) is 0 Å². The molecule has 0 amide bonds. The lowest BCUT2D eigenvalue weighted by Crippen LogP contribution is -2.46. The van der Waals surface area contributed by atoms with E-state index in [4.69, 9.17) is 5.11 Å². The molecule has 2 fully saturated rings. The molecule has 1 spiro atoms. The fraction of sp³-hybridized carbons (Fsp3) is 1.00. The molecule has 2 aliphatic carbocycles. The second-order valence-electron chi connectivity index (χ2n) is 5.05. The molecular formula is C12H23NO. The Hall–Kier alpha value is -0.0800. The van der Waals surface area contributed by atoms with Crippen molar-refractivity contribution in [2.45, 2.75) is 57.4 Å². The van der Waals surface area contributed by atoms with E-state index in [0.29, 0.717) is 11.5 Å². The molecule has 1 unspecified atom stereocenters. The first kappa shape index (κ1) is 10.4. The van der Waals surface area contributed by atoms with Crippen LogP contribution in [-0.2, 0) is 0 Å². The molecule has 2 heteroatoms. The maximum absolute atomic E-state index is 8.87. The normalized spacial score (nSPS) is 31.1. The zero-order valence-electron chi connectivity index (χ0n) is 9.10. The predicted octanol–water partition coefficient (Wildman–Crippen LogP) is 2.07. The van der Waals surface area contributed by atoms with E-state index < -0.39 is 0 Å². The summed E-state index contributed by atoms with van der Waals surface area (Å²) < 4.78 is 0. The van der Waals surface area contributed by atoms with Gasteiger partial charge in [-0.15, -0.1) is 0 Å². The first-order valence-electron chi connectivity index (χ1n) is 6.22. The van der Waals surface area contributed by atoms with E-state index in [-0.39, 0.29) is 6.61 Å². The Balaban J connectivity index is 1.95. The molecular weight excluding hydrogens is 174 g/mol. The quantitative estimate of drug-likeness (QED) is 0.726. The topological polar surface area (TPSA) is 32.3 Å². The standard InChI is InChI=1S/C12H23NO/c14-10-9-13-11-5-1-2-6-12(11)7-3-4-8-12/h11,13-14H,1-10H2. The highest BCUT2D eigenvalue weighted by molar-refractivity contribution is 4.97. The van der Waals surface area contributed by atoms with Crippen molar-refractivity contribution in [3.05, 3.63) is 0 Å². The van der Waals surface area contributed by atoms with Gasteiger partial charge < -0.3 is 10.4 Å². The zero-order valence-corrected chi connectivity index (χ0v) is 9.10. The highest BCUT2D eigenvalue weighted by Crippen LogP contribution is 2.48. The molecule has 2 rings (SSSR count). The minimum absolute atomic E-state index is 0.284. The molecule has 0 aliphatic heterocycles. The van der Waals surface area contributed by atoms with Crippen molar-refractivity contribution in [1.29, 1.82) is 0 Å². The highest BCUT2D eigenvalue weighted by atomic mass is 16.3. The molecule has 2 saturated carbocycles. The smallest absolute Gasteiger partial charge is 0.0556 e. The van der Waals surface area contributed by atoms with Crippen molar-refractivity contribution < 1.29 is 5.11 Å². The molecule has 1 atom stereocenters. The van der Waals surface area contributed by atoms with Crippen LogP contribution in [0.2, 0.25) is 0 Å². The third-order valence-corrected chi connectivity index (χ3v) is 4.26. The van der Waals surface area contributed by atoms with Gasteiger partial charge in [-0.1, -0.05) is 25.7 Å². The molecule has 82 valence electrons. The van der Waals surface area contributed by atoms with Gasteiger partial charge in [-0.05, 0) is 31.1 Å². The summed E-state index contributed by atoms with van der Waals surface area (Å²) in [6, 6.07) is 0.700. The van der Waals surface area contributed by atoms with E-state index in [0.717, 1.165) is 6.54 Å². The van der Waals surface area contributed by atoms with E-state index in [1.165, 1.54) is 51.4 Å². The Morgan fingerprint density at radius 3 is 2.36 bits per heavy atom. The molecule has 0 aromatic rings. The Morgan fingerprint density at radius 1 is 1.07 bits per heavy atom. The minimum atomic E-state index is 0.284. The largest absolute Gasteiger partial charge is 0.395 e. The molecule has 2 aliphatic rings. The summed E-state index contributed by atoms with van der Waals surface area (Å²) in [7, 11) is 0. The minimum Gasteiger partial charge on any atom is -0.395 e. The van der Waals surface area contributed by atoms with Crippen LogP contribution in [0.1, 0.15) is 51.4 Å². The van der Waals surface area contributed by atoms with Crippen LogP contribution < -0.4 is 5.32 Å². The van der Waals surface area contributed by atoms with E-state index in [1.807, 2.05) is 0 Å². The van der Waals surface area contributed by atoms with Crippen LogP contribution in [-0.4, -0.2) is 24.3 Å². The molecule has 0 bridgehead atoms. The number of aliphatic hydroxyl groups is 1. The van der Waals surface area contributed by atoms with Gasteiger partial charge in [0, 0.05) is 12.6 Å². The molecule has 0 aromatic carbocycles. The molecule has 0 heterocycles. The lowest BCUT2D eigenvalue weighted by atomic mass is 9.69. The van der Waals surface area contributed by atoms with Crippen LogP contribution in [0.5, 0.6) is 0 Å². The first-order chi connectivity index (χ1) is 6.87. The maximum Gasteiger partial charge on any atom is 0.0556 e. The van der Waals surface area contributed by atoms with E-state index >= 15 is 0 Å². The third kappa shape index (κ3) is 1.96. The second kappa shape index (κ2) is 4.63. The molecule has 2 nitrogen and oxygen atoms in total. The predicted molar refractivity (Wildman–Crippen MR) is 58.2 cm³/mol. The monoisotopic (exact) mass is 197 g/mol. The van der Waals surface area contributed by atoms with Crippen molar-refractivity contribution in [2.24, 2.45) is 5.41 Å². The Labute approximate surface area is 87.1 Å². The Morgan fingerprint density at radius 2 is 1.71 bits per heavy atom. The van der Waals surface area contributed by atoms with Gasteiger partial charge in [0.1, 0.15) is 0 Å². The van der Waals surface area contributed by atoms with Crippen LogP contribution in [0.4, 0.5) is 0 Å². The van der Waals surface area contributed by atoms with Crippen molar-refractivity contribution >= 4 is 0 Å². The molecule has 0 aromatic heterocycles. The van der Waals surface area contributed by atoms with Gasteiger partial charge in [0.25, 0.3) is 0 Å². The summed E-state index contributed by atoms with van der Waals surface area (Å²) in [4.78, 5) is 0. The van der Waals surface area contributed by atoms with Gasteiger partial charge in [-0.2, -0.15) is 0 Å². The van der Waals surface area contributed by atoms with E-state index in [1.54, 1.807) is 0 Å². The highest BCUT2D eigenvalue weighted by Gasteiger charge is 2.41. The SMILES string of the molecule is OCCNC1CCCCC12CCCC2. The fourth-order valence-electron chi connectivity index (χ4n) is 3.54. The fourth-order valence-corrected chi connectivity index (χ4v) is 3.54. The van der Waals surface area contributed by atoms with Crippen LogP contribution in [0.25, 0.3) is 0 Å². The average Bonchev–Trinajstić information content (AvgIpc) is 2.66. The molecule has 14 heavy (non-hydrogen) atoms. The van der Waals surface area contributed by atoms with Gasteiger partial charge in [-0.25, -0.2) is 0 Å². The summed E-state index contributed by atoms with van der Waals surface area (Å²) in [5.41, 5.74) is 0.618. The number of hydrogen-bond acceptors (Lipinski definition) is 2. The third-order valence-electron chi connectivity index (χ3n) is 4.26. The second-order valence-corrected chi connectivity index (χ2v) is 5.05. The number of hydrogen-bond donors (Lipinski definition) is 2. The lowest BCUT2D eigenvalue weighted by Gasteiger charge is -2.42. The number of rotatable bonds is 3. The Bertz CT molecular complexity index is 175. The Kier molecular flexibility index (Phi) is 3.45. The molecule has 0 saturated heterocycles. The summed E-state index contributed by atoms with van der Waals surface area (Å²) in [6.07, 6.45) is 11.3. The van der Waals surface area contributed by atoms with E-state index in [2.05, 4.69) is 5.32 Å². The van der Waals surface area contributed by atoms with Crippen molar-refractivity contribution in [3.8, 4) is 0 Å². The number of nitrogens with one attached hydrogen (secondary N) is 1. The van der Waals surface area contributed by atoms with Crippen LogP contribution >= 0.6 is 0 Å². The van der Waals surface area contributed by atoms with Crippen LogP contribution in [0.3, 0.4) is 0 Å². The lowest BCUT2D eigenvalue weighted by molar-refractivity contribution is 0.125. The molecule has 0 radical (unpaired) electrons. The van der Waals surface area contributed by atoms with Gasteiger partial charge in [-0.3, -0.25) is 0 Å². The molecule has 2 N–H and O–H groups in total. The van der Waals surface area contributed by atoms with Gasteiger partial charge in [0.15, 0.2) is 0 Å². The summed E-state index contributed by atoms with van der Waals surface area (Å²) in [5.74, 6) is 0. The summed E-state index contributed by atoms with van der Waals surface area (Å²) in [6.45, 7) is 1.07.